The number of hydrogen-bond donors (Lipinski definition) is 1. The predicted molar refractivity (Wildman–Crippen MR) is 109 cm³/mol. The lowest BCUT2D eigenvalue weighted by Crippen LogP contribution is -2.23. The number of rotatable bonds is 5. The SMILES string of the molecule is COc1cccc(CNC(=O)c2cc(-c3ccccn3)nc3ccccc23)c1. The minimum absolute atomic E-state index is 0.154. The van der Waals surface area contributed by atoms with Gasteiger partial charge in [-0.1, -0.05) is 36.4 Å². The molecular formula is C23H19N3O2. The average Bonchev–Trinajstić information content (AvgIpc) is 2.77. The molecule has 0 spiro atoms. The first kappa shape index (κ1) is 17.7. The second-order valence-electron chi connectivity index (χ2n) is 6.32. The standard InChI is InChI=1S/C23H19N3O2/c1-28-17-8-6-7-16(13-17)15-25-23(27)19-14-22(21-11-4-5-12-24-21)26-20-10-3-2-9-18(19)20/h2-14H,15H2,1H3,(H,25,27). The summed E-state index contributed by atoms with van der Waals surface area (Å²) < 4.78 is 5.24. The van der Waals surface area contributed by atoms with Crippen molar-refractivity contribution in [2.75, 3.05) is 7.11 Å². The van der Waals surface area contributed by atoms with Crippen LogP contribution in [0.25, 0.3) is 22.3 Å². The number of fused-ring (bicyclic) bond motifs is 1. The molecule has 0 saturated heterocycles. The summed E-state index contributed by atoms with van der Waals surface area (Å²) in [5.74, 6) is 0.608. The third kappa shape index (κ3) is 3.69. The first-order chi connectivity index (χ1) is 13.7. The molecule has 28 heavy (non-hydrogen) atoms. The van der Waals surface area contributed by atoms with Crippen molar-refractivity contribution in [3.63, 3.8) is 0 Å². The first-order valence-corrected chi connectivity index (χ1v) is 8.97. The molecule has 4 rings (SSSR count). The molecule has 0 fully saturated rings. The van der Waals surface area contributed by atoms with Crippen molar-refractivity contribution in [3.05, 3.63) is 90.1 Å². The number of carbonyl (C=O) groups is 1. The van der Waals surface area contributed by atoms with Gasteiger partial charge < -0.3 is 10.1 Å². The van der Waals surface area contributed by atoms with E-state index in [-0.39, 0.29) is 5.91 Å². The summed E-state index contributed by atoms with van der Waals surface area (Å²) in [5, 5.41) is 3.81. The van der Waals surface area contributed by atoms with Crippen LogP contribution in [0.4, 0.5) is 0 Å². The lowest BCUT2D eigenvalue weighted by Gasteiger charge is -2.11. The molecule has 4 aromatic rings. The Morgan fingerprint density at radius 1 is 0.964 bits per heavy atom. The van der Waals surface area contributed by atoms with E-state index in [1.54, 1.807) is 19.4 Å². The lowest BCUT2D eigenvalue weighted by atomic mass is 10.1. The van der Waals surface area contributed by atoms with Gasteiger partial charge in [-0.2, -0.15) is 0 Å². The highest BCUT2D eigenvalue weighted by Gasteiger charge is 2.14. The molecule has 1 amide bonds. The van der Waals surface area contributed by atoms with Gasteiger partial charge in [0.2, 0.25) is 0 Å². The maximum atomic E-state index is 13.0. The summed E-state index contributed by atoms with van der Waals surface area (Å²) in [4.78, 5) is 22.0. The topological polar surface area (TPSA) is 64.1 Å². The number of hydrogen-bond acceptors (Lipinski definition) is 4. The van der Waals surface area contributed by atoms with Crippen molar-refractivity contribution >= 4 is 16.8 Å². The Morgan fingerprint density at radius 2 is 1.82 bits per heavy atom. The van der Waals surface area contributed by atoms with Gasteiger partial charge in [0, 0.05) is 18.1 Å². The predicted octanol–water partition coefficient (Wildman–Crippen LogP) is 4.24. The maximum Gasteiger partial charge on any atom is 0.252 e. The fourth-order valence-electron chi connectivity index (χ4n) is 3.07. The fraction of sp³-hybridized carbons (Fsp3) is 0.0870. The van der Waals surface area contributed by atoms with E-state index in [4.69, 9.17) is 4.74 Å². The van der Waals surface area contributed by atoms with Crippen LogP contribution in [0.5, 0.6) is 5.75 Å². The molecule has 0 atom stereocenters. The van der Waals surface area contributed by atoms with Gasteiger partial charge in [0.1, 0.15) is 5.75 Å². The second-order valence-corrected chi connectivity index (χ2v) is 6.32. The van der Waals surface area contributed by atoms with Gasteiger partial charge in [0.25, 0.3) is 5.91 Å². The van der Waals surface area contributed by atoms with Crippen molar-refractivity contribution in [2.24, 2.45) is 0 Å². The smallest absolute Gasteiger partial charge is 0.252 e. The summed E-state index contributed by atoms with van der Waals surface area (Å²) in [6, 6.07) is 22.7. The summed E-state index contributed by atoms with van der Waals surface area (Å²) >= 11 is 0. The number of carbonyl (C=O) groups excluding carboxylic acids is 1. The molecule has 0 unspecified atom stereocenters. The molecule has 138 valence electrons. The summed E-state index contributed by atoms with van der Waals surface area (Å²) in [7, 11) is 1.62. The van der Waals surface area contributed by atoms with Crippen molar-refractivity contribution < 1.29 is 9.53 Å². The second kappa shape index (κ2) is 7.88. The van der Waals surface area contributed by atoms with E-state index < -0.39 is 0 Å². The molecule has 0 bridgehead atoms. The molecule has 2 aromatic heterocycles. The van der Waals surface area contributed by atoms with E-state index in [1.807, 2.05) is 66.7 Å². The zero-order valence-corrected chi connectivity index (χ0v) is 15.4. The van der Waals surface area contributed by atoms with Gasteiger partial charge in [-0.25, -0.2) is 4.98 Å². The number of amides is 1. The van der Waals surface area contributed by atoms with Crippen LogP contribution in [-0.2, 0) is 6.54 Å². The summed E-state index contributed by atoms with van der Waals surface area (Å²) in [5.41, 5.74) is 3.71. The Balaban J connectivity index is 1.67. The number of benzene rings is 2. The fourth-order valence-corrected chi connectivity index (χ4v) is 3.07. The highest BCUT2D eigenvalue weighted by molar-refractivity contribution is 6.07. The maximum absolute atomic E-state index is 13.0. The van der Waals surface area contributed by atoms with E-state index in [0.717, 1.165) is 27.9 Å². The highest BCUT2D eigenvalue weighted by atomic mass is 16.5. The van der Waals surface area contributed by atoms with Crippen molar-refractivity contribution in [1.29, 1.82) is 0 Å². The summed E-state index contributed by atoms with van der Waals surface area (Å²) in [6.45, 7) is 0.408. The zero-order valence-electron chi connectivity index (χ0n) is 15.4. The van der Waals surface area contributed by atoms with Crippen LogP contribution in [0, 0.1) is 0 Å². The Bertz CT molecular complexity index is 1130. The number of methoxy groups -OCH3 is 1. The normalized spacial score (nSPS) is 10.6. The third-order valence-corrected chi connectivity index (χ3v) is 4.48. The Morgan fingerprint density at radius 3 is 2.64 bits per heavy atom. The van der Waals surface area contributed by atoms with E-state index in [1.165, 1.54) is 0 Å². The van der Waals surface area contributed by atoms with Crippen LogP contribution in [-0.4, -0.2) is 23.0 Å². The molecular weight excluding hydrogens is 350 g/mol. The highest BCUT2D eigenvalue weighted by Crippen LogP contribution is 2.24. The van der Waals surface area contributed by atoms with Gasteiger partial charge in [0.15, 0.2) is 0 Å². The molecule has 0 saturated carbocycles. The number of aromatic nitrogens is 2. The van der Waals surface area contributed by atoms with E-state index >= 15 is 0 Å². The largest absolute Gasteiger partial charge is 0.497 e. The first-order valence-electron chi connectivity index (χ1n) is 8.97. The molecule has 5 nitrogen and oxygen atoms in total. The quantitative estimate of drug-likeness (QED) is 0.572. The Kier molecular flexibility index (Phi) is 4.97. The van der Waals surface area contributed by atoms with E-state index in [0.29, 0.717) is 17.8 Å². The number of ether oxygens (including phenoxy) is 1. The minimum Gasteiger partial charge on any atom is -0.497 e. The van der Waals surface area contributed by atoms with E-state index in [2.05, 4.69) is 15.3 Å². The lowest BCUT2D eigenvalue weighted by molar-refractivity contribution is 0.0952. The number of nitrogens with one attached hydrogen (secondary N) is 1. The van der Waals surface area contributed by atoms with Crippen LogP contribution < -0.4 is 10.1 Å². The molecule has 1 N–H and O–H groups in total. The number of para-hydroxylation sites is 1. The van der Waals surface area contributed by atoms with Gasteiger partial charge in [0.05, 0.1) is 29.6 Å². The van der Waals surface area contributed by atoms with Crippen LogP contribution >= 0.6 is 0 Å². The van der Waals surface area contributed by atoms with Crippen molar-refractivity contribution in [1.82, 2.24) is 15.3 Å². The van der Waals surface area contributed by atoms with Crippen molar-refractivity contribution in [3.8, 4) is 17.1 Å². The monoisotopic (exact) mass is 369 g/mol. The zero-order chi connectivity index (χ0) is 19.3. The van der Waals surface area contributed by atoms with Gasteiger partial charge in [-0.05, 0) is 42.0 Å². The molecule has 0 aliphatic rings. The van der Waals surface area contributed by atoms with Gasteiger partial charge >= 0.3 is 0 Å². The number of pyridine rings is 2. The Labute approximate surface area is 163 Å². The molecule has 2 heterocycles. The van der Waals surface area contributed by atoms with Gasteiger partial charge in [-0.15, -0.1) is 0 Å². The molecule has 2 aromatic carbocycles. The minimum atomic E-state index is -0.154. The van der Waals surface area contributed by atoms with Crippen LogP contribution in [0.2, 0.25) is 0 Å². The molecule has 0 radical (unpaired) electrons. The van der Waals surface area contributed by atoms with Gasteiger partial charge in [-0.3, -0.25) is 9.78 Å². The molecule has 0 aliphatic heterocycles. The molecule has 0 aliphatic carbocycles. The Hall–Kier alpha value is -3.73. The van der Waals surface area contributed by atoms with Crippen molar-refractivity contribution in [2.45, 2.75) is 6.54 Å². The van der Waals surface area contributed by atoms with Crippen LogP contribution in [0.3, 0.4) is 0 Å². The molecule has 5 heteroatoms. The number of nitrogens with zero attached hydrogens (tertiary/aromatic N) is 2. The third-order valence-electron chi connectivity index (χ3n) is 4.48. The van der Waals surface area contributed by atoms with Crippen LogP contribution in [0.1, 0.15) is 15.9 Å². The average molecular weight is 369 g/mol. The van der Waals surface area contributed by atoms with E-state index in [9.17, 15) is 4.79 Å². The summed E-state index contributed by atoms with van der Waals surface area (Å²) in [6.07, 6.45) is 1.72. The van der Waals surface area contributed by atoms with Crippen LogP contribution in [0.15, 0.2) is 79.0 Å².